The van der Waals surface area contributed by atoms with Gasteiger partial charge < -0.3 is 15.2 Å². The summed E-state index contributed by atoms with van der Waals surface area (Å²) in [5.74, 6) is -2.25. The second-order valence-corrected chi connectivity index (χ2v) is 7.09. The number of hydrogen-bond acceptors (Lipinski definition) is 6. The van der Waals surface area contributed by atoms with Crippen molar-refractivity contribution in [2.75, 3.05) is 13.7 Å². The monoisotopic (exact) mass is 334 g/mol. The van der Waals surface area contributed by atoms with Crippen molar-refractivity contribution in [3.05, 3.63) is 35.9 Å². The van der Waals surface area contributed by atoms with Gasteiger partial charge in [-0.1, -0.05) is 30.3 Å². The largest absolute Gasteiger partial charge is 0.469 e. The number of benzene rings is 1. The molecule has 0 amide bonds. The van der Waals surface area contributed by atoms with Crippen LogP contribution in [0.3, 0.4) is 0 Å². The van der Waals surface area contributed by atoms with Crippen LogP contribution in [0.25, 0.3) is 0 Å². The molecule has 3 atom stereocenters. The minimum absolute atomic E-state index is 0.368. The predicted molar refractivity (Wildman–Crippen MR) is 89.7 cm³/mol. The number of nitrogens with two attached hydrogens (primary N) is 1. The number of esters is 2. The molecule has 2 rings (SSSR count). The SMILES string of the molecule is COC(=O)C1CN(Cc2ccccc2)C(N)C1C(=O)OC(C)(C)C. The number of rotatable bonds is 4. The third-order valence-electron chi connectivity index (χ3n) is 4.07. The van der Waals surface area contributed by atoms with Gasteiger partial charge >= 0.3 is 11.9 Å². The van der Waals surface area contributed by atoms with Crippen LogP contribution in [0.15, 0.2) is 30.3 Å². The molecule has 1 aromatic rings. The molecular weight excluding hydrogens is 308 g/mol. The molecule has 0 saturated carbocycles. The first-order chi connectivity index (χ1) is 11.2. The summed E-state index contributed by atoms with van der Waals surface area (Å²) >= 11 is 0. The molecular formula is C18H26N2O4. The van der Waals surface area contributed by atoms with E-state index in [2.05, 4.69) is 0 Å². The van der Waals surface area contributed by atoms with Crippen LogP contribution >= 0.6 is 0 Å². The quantitative estimate of drug-likeness (QED) is 0.841. The highest BCUT2D eigenvalue weighted by atomic mass is 16.6. The lowest BCUT2D eigenvalue weighted by Gasteiger charge is -2.27. The first-order valence-corrected chi connectivity index (χ1v) is 8.07. The van der Waals surface area contributed by atoms with Gasteiger partial charge in [-0.3, -0.25) is 14.5 Å². The molecule has 1 saturated heterocycles. The van der Waals surface area contributed by atoms with Gasteiger partial charge in [0.1, 0.15) is 5.60 Å². The fourth-order valence-electron chi connectivity index (χ4n) is 2.99. The number of nitrogens with zero attached hydrogens (tertiary/aromatic N) is 1. The smallest absolute Gasteiger partial charge is 0.313 e. The lowest BCUT2D eigenvalue weighted by Crippen LogP contribution is -2.45. The number of carbonyl (C=O) groups excluding carboxylic acids is 2. The molecule has 3 unspecified atom stereocenters. The Hall–Kier alpha value is -1.92. The normalized spacial score (nSPS) is 24.6. The van der Waals surface area contributed by atoms with Crippen molar-refractivity contribution in [3.63, 3.8) is 0 Å². The molecule has 2 N–H and O–H groups in total. The minimum atomic E-state index is -0.736. The van der Waals surface area contributed by atoms with Crippen molar-refractivity contribution in [1.82, 2.24) is 4.90 Å². The third-order valence-corrected chi connectivity index (χ3v) is 4.07. The lowest BCUT2D eigenvalue weighted by molar-refractivity contribution is -0.166. The van der Waals surface area contributed by atoms with E-state index in [1.807, 2.05) is 35.2 Å². The zero-order valence-corrected chi connectivity index (χ0v) is 14.7. The summed E-state index contributed by atoms with van der Waals surface area (Å²) in [7, 11) is 1.32. The Labute approximate surface area is 142 Å². The Bertz CT molecular complexity index is 582. The molecule has 24 heavy (non-hydrogen) atoms. The van der Waals surface area contributed by atoms with Crippen molar-refractivity contribution < 1.29 is 19.1 Å². The van der Waals surface area contributed by atoms with E-state index in [0.717, 1.165) is 5.56 Å². The second kappa shape index (κ2) is 7.32. The highest BCUT2D eigenvalue weighted by molar-refractivity contribution is 5.83. The summed E-state index contributed by atoms with van der Waals surface area (Å²) in [6.07, 6.45) is -0.593. The average Bonchev–Trinajstić information content (AvgIpc) is 2.83. The van der Waals surface area contributed by atoms with Gasteiger partial charge in [-0.2, -0.15) is 0 Å². The van der Waals surface area contributed by atoms with E-state index in [0.29, 0.717) is 13.1 Å². The lowest BCUT2D eigenvalue weighted by atomic mass is 9.94. The minimum Gasteiger partial charge on any atom is -0.469 e. The molecule has 0 bridgehead atoms. The molecule has 1 aliphatic rings. The van der Waals surface area contributed by atoms with Gasteiger partial charge in [0.25, 0.3) is 0 Å². The van der Waals surface area contributed by atoms with Crippen LogP contribution in [0.4, 0.5) is 0 Å². The summed E-state index contributed by atoms with van der Waals surface area (Å²) < 4.78 is 10.3. The Morgan fingerprint density at radius 3 is 2.38 bits per heavy atom. The van der Waals surface area contributed by atoms with E-state index < -0.39 is 35.5 Å². The van der Waals surface area contributed by atoms with Crippen molar-refractivity contribution in [3.8, 4) is 0 Å². The summed E-state index contributed by atoms with van der Waals surface area (Å²) in [6.45, 7) is 6.31. The first-order valence-electron chi connectivity index (χ1n) is 8.07. The standard InChI is InChI=1S/C18H26N2O4/c1-18(2,3)24-17(22)14-13(16(21)23-4)11-20(15(14)19)10-12-8-6-5-7-9-12/h5-9,13-15H,10-11,19H2,1-4H3. The van der Waals surface area contributed by atoms with Crippen molar-refractivity contribution in [2.24, 2.45) is 17.6 Å². The Morgan fingerprint density at radius 2 is 1.83 bits per heavy atom. The summed E-state index contributed by atoms with van der Waals surface area (Å²) in [6, 6.07) is 9.80. The third kappa shape index (κ3) is 4.33. The maximum atomic E-state index is 12.6. The first kappa shape index (κ1) is 18.4. The van der Waals surface area contributed by atoms with Gasteiger partial charge in [-0.15, -0.1) is 0 Å². The zero-order valence-electron chi connectivity index (χ0n) is 14.7. The van der Waals surface area contributed by atoms with Gasteiger partial charge in [0, 0.05) is 13.1 Å². The van der Waals surface area contributed by atoms with Gasteiger partial charge in [0.05, 0.1) is 25.1 Å². The van der Waals surface area contributed by atoms with Crippen molar-refractivity contribution in [2.45, 2.75) is 39.1 Å². The molecule has 0 aliphatic carbocycles. The Morgan fingerprint density at radius 1 is 1.21 bits per heavy atom. The molecule has 0 spiro atoms. The molecule has 132 valence electrons. The highest BCUT2D eigenvalue weighted by Gasteiger charge is 2.49. The van der Waals surface area contributed by atoms with Crippen LogP contribution < -0.4 is 5.73 Å². The van der Waals surface area contributed by atoms with E-state index in [4.69, 9.17) is 15.2 Å². The number of ether oxygens (including phenoxy) is 2. The van der Waals surface area contributed by atoms with Crippen LogP contribution in [0.5, 0.6) is 0 Å². The molecule has 6 nitrogen and oxygen atoms in total. The Kier molecular flexibility index (Phi) is 5.62. The van der Waals surface area contributed by atoms with Gasteiger partial charge in [0.2, 0.25) is 0 Å². The average molecular weight is 334 g/mol. The van der Waals surface area contributed by atoms with E-state index in [1.54, 1.807) is 20.8 Å². The molecule has 1 aliphatic heterocycles. The maximum Gasteiger partial charge on any atom is 0.313 e. The van der Waals surface area contributed by atoms with Crippen LogP contribution in [0, 0.1) is 11.8 Å². The second-order valence-electron chi connectivity index (χ2n) is 7.09. The van der Waals surface area contributed by atoms with Crippen LogP contribution in [0.1, 0.15) is 26.3 Å². The summed E-state index contributed by atoms with van der Waals surface area (Å²) in [5.41, 5.74) is 6.73. The van der Waals surface area contributed by atoms with Gasteiger partial charge in [-0.05, 0) is 26.3 Å². The van der Waals surface area contributed by atoms with Crippen LogP contribution in [0.2, 0.25) is 0 Å². The molecule has 0 aromatic heterocycles. The number of carbonyl (C=O) groups is 2. The molecule has 1 fully saturated rings. The molecule has 6 heteroatoms. The van der Waals surface area contributed by atoms with E-state index in [9.17, 15) is 9.59 Å². The zero-order chi connectivity index (χ0) is 17.9. The highest BCUT2D eigenvalue weighted by Crippen LogP contribution is 2.31. The number of hydrogen-bond donors (Lipinski definition) is 1. The van der Waals surface area contributed by atoms with Crippen molar-refractivity contribution in [1.29, 1.82) is 0 Å². The predicted octanol–water partition coefficient (Wildman–Crippen LogP) is 1.53. The van der Waals surface area contributed by atoms with Gasteiger partial charge in [-0.25, -0.2) is 0 Å². The summed E-state index contributed by atoms with van der Waals surface area (Å²) in [4.78, 5) is 26.6. The molecule has 0 radical (unpaired) electrons. The summed E-state index contributed by atoms with van der Waals surface area (Å²) in [5, 5.41) is 0. The Balaban J connectivity index is 2.19. The van der Waals surface area contributed by atoms with Crippen LogP contribution in [-0.4, -0.2) is 42.3 Å². The number of likely N-dealkylation sites (tertiary alicyclic amines) is 1. The number of methoxy groups -OCH3 is 1. The fraction of sp³-hybridized carbons (Fsp3) is 0.556. The van der Waals surface area contributed by atoms with E-state index in [1.165, 1.54) is 7.11 Å². The van der Waals surface area contributed by atoms with Crippen LogP contribution in [-0.2, 0) is 25.6 Å². The topological polar surface area (TPSA) is 81.9 Å². The van der Waals surface area contributed by atoms with E-state index >= 15 is 0 Å². The van der Waals surface area contributed by atoms with Crippen molar-refractivity contribution >= 4 is 11.9 Å². The van der Waals surface area contributed by atoms with Gasteiger partial charge in [0.15, 0.2) is 0 Å². The van der Waals surface area contributed by atoms with E-state index in [-0.39, 0.29) is 0 Å². The maximum absolute atomic E-state index is 12.6. The fourth-order valence-corrected chi connectivity index (χ4v) is 2.99. The molecule has 1 heterocycles. The molecule has 1 aromatic carbocycles.